The number of aliphatic hydroxyl groups excluding tert-OH is 1. The minimum Gasteiger partial charge on any atom is -0.489 e. The zero-order valence-corrected chi connectivity index (χ0v) is 19.4. The van der Waals surface area contributed by atoms with Crippen molar-refractivity contribution in [2.45, 2.75) is 31.8 Å². The van der Waals surface area contributed by atoms with Crippen LogP contribution in [0.4, 0.5) is 8.78 Å². The monoisotopic (exact) mass is 493 g/mol. The van der Waals surface area contributed by atoms with Crippen LogP contribution in [0.2, 0.25) is 0 Å². The lowest BCUT2D eigenvalue weighted by atomic mass is 10.0. The number of hydrogen-bond acceptors (Lipinski definition) is 5. The summed E-state index contributed by atoms with van der Waals surface area (Å²) in [7, 11) is 0. The van der Waals surface area contributed by atoms with Crippen molar-refractivity contribution in [1.29, 1.82) is 0 Å². The van der Waals surface area contributed by atoms with Gasteiger partial charge in [-0.2, -0.15) is 4.39 Å². The van der Waals surface area contributed by atoms with E-state index in [1.807, 2.05) is 6.07 Å². The molecule has 0 saturated carbocycles. The molecule has 1 aliphatic rings. The van der Waals surface area contributed by atoms with Crippen LogP contribution in [0.15, 0.2) is 60.7 Å². The molecule has 6 nitrogen and oxygen atoms in total. The third-order valence-corrected chi connectivity index (χ3v) is 5.98. The van der Waals surface area contributed by atoms with Crippen molar-refractivity contribution in [3.05, 3.63) is 83.4 Å². The van der Waals surface area contributed by atoms with E-state index in [0.29, 0.717) is 35.4 Å². The Morgan fingerprint density at radius 3 is 2.58 bits per heavy atom. The topological polar surface area (TPSA) is 79.2 Å². The van der Waals surface area contributed by atoms with Crippen LogP contribution in [0.25, 0.3) is 11.1 Å². The standard InChI is InChI=1S/C28H25F2NO5/c1-2-13-35-25-16-21(15-23(29)26(25)30)19-8-10-22(11-9-19)36-17-18-5-3-6-20(14-18)27(32)31-12-4-7-24(31)28(33)34/h1,3,5-6,8-11,14-16,24,28,33-34H,4,7,12-13,17H2/t24-/m0/s1. The van der Waals surface area contributed by atoms with E-state index in [2.05, 4.69) is 5.92 Å². The number of terminal acetylenes is 1. The molecule has 0 radical (unpaired) electrons. The molecule has 1 aliphatic heterocycles. The molecule has 0 aliphatic carbocycles. The number of ether oxygens (including phenoxy) is 2. The first-order valence-electron chi connectivity index (χ1n) is 11.4. The molecule has 2 N–H and O–H groups in total. The van der Waals surface area contributed by atoms with E-state index in [9.17, 15) is 23.8 Å². The number of aliphatic hydroxyl groups is 2. The number of rotatable bonds is 8. The second-order valence-electron chi connectivity index (χ2n) is 8.40. The lowest BCUT2D eigenvalue weighted by molar-refractivity contribution is -0.0841. The maximum atomic E-state index is 14.0. The van der Waals surface area contributed by atoms with Gasteiger partial charge in [0.05, 0.1) is 6.04 Å². The summed E-state index contributed by atoms with van der Waals surface area (Å²) in [5, 5.41) is 19.1. The summed E-state index contributed by atoms with van der Waals surface area (Å²) in [6.07, 6.45) is 4.82. The summed E-state index contributed by atoms with van der Waals surface area (Å²) < 4.78 is 38.9. The van der Waals surface area contributed by atoms with Gasteiger partial charge in [0.2, 0.25) is 5.82 Å². The lowest BCUT2D eigenvalue weighted by Crippen LogP contribution is -2.42. The zero-order chi connectivity index (χ0) is 25.7. The molecule has 3 aromatic rings. The Labute approximate surface area is 207 Å². The van der Waals surface area contributed by atoms with Crippen LogP contribution in [0.5, 0.6) is 11.5 Å². The van der Waals surface area contributed by atoms with Gasteiger partial charge in [0, 0.05) is 12.1 Å². The molecule has 0 aromatic heterocycles. The van der Waals surface area contributed by atoms with E-state index in [0.717, 1.165) is 18.1 Å². The first kappa shape index (κ1) is 25.2. The van der Waals surface area contributed by atoms with Crippen LogP contribution in [0.3, 0.4) is 0 Å². The number of likely N-dealkylation sites (tertiary alicyclic amines) is 1. The minimum absolute atomic E-state index is 0.179. The molecule has 3 aromatic carbocycles. The fourth-order valence-electron chi connectivity index (χ4n) is 4.18. The summed E-state index contributed by atoms with van der Waals surface area (Å²) >= 11 is 0. The lowest BCUT2D eigenvalue weighted by Gasteiger charge is -2.26. The molecule has 1 atom stereocenters. The molecule has 0 bridgehead atoms. The normalized spacial score (nSPS) is 15.1. The van der Waals surface area contributed by atoms with Crippen molar-refractivity contribution in [3.8, 4) is 35.0 Å². The van der Waals surface area contributed by atoms with Gasteiger partial charge in [-0.05, 0) is 65.9 Å². The van der Waals surface area contributed by atoms with E-state index < -0.39 is 24.0 Å². The van der Waals surface area contributed by atoms with Crippen LogP contribution < -0.4 is 9.47 Å². The molecular formula is C28H25F2NO5. The molecule has 0 spiro atoms. The van der Waals surface area contributed by atoms with Crippen LogP contribution in [0.1, 0.15) is 28.8 Å². The Morgan fingerprint density at radius 2 is 1.86 bits per heavy atom. The van der Waals surface area contributed by atoms with Crippen molar-refractivity contribution in [2.75, 3.05) is 13.2 Å². The maximum Gasteiger partial charge on any atom is 0.254 e. The predicted molar refractivity (Wildman–Crippen MR) is 129 cm³/mol. The van der Waals surface area contributed by atoms with E-state index >= 15 is 0 Å². The van der Waals surface area contributed by atoms with Crippen LogP contribution in [0, 0.1) is 24.0 Å². The molecule has 1 saturated heterocycles. The van der Waals surface area contributed by atoms with Crippen molar-refractivity contribution in [2.24, 2.45) is 0 Å². The molecule has 1 heterocycles. The molecular weight excluding hydrogens is 468 g/mol. The summed E-state index contributed by atoms with van der Waals surface area (Å²) in [5.74, 6) is 0.117. The third-order valence-electron chi connectivity index (χ3n) is 5.98. The second kappa shape index (κ2) is 11.2. The van der Waals surface area contributed by atoms with E-state index in [-0.39, 0.29) is 24.9 Å². The van der Waals surface area contributed by atoms with Crippen molar-refractivity contribution < 1.29 is 33.3 Å². The van der Waals surface area contributed by atoms with Gasteiger partial charge < -0.3 is 24.6 Å². The Kier molecular flexibility index (Phi) is 7.84. The summed E-state index contributed by atoms with van der Waals surface area (Å²) in [4.78, 5) is 14.4. The average Bonchev–Trinajstić information content (AvgIpc) is 3.39. The first-order valence-corrected chi connectivity index (χ1v) is 11.4. The highest BCUT2D eigenvalue weighted by molar-refractivity contribution is 5.94. The molecule has 8 heteroatoms. The van der Waals surface area contributed by atoms with Gasteiger partial charge in [-0.25, -0.2) is 4.39 Å². The molecule has 1 fully saturated rings. The molecule has 0 unspecified atom stereocenters. The summed E-state index contributed by atoms with van der Waals surface area (Å²) in [6.45, 7) is 0.493. The Bertz CT molecular complexity index is 1270. The number of nitrogens with zero attached hydrogens (tertiary/aromatic N) is 1. The summed E-state index contributed by atoms with van der Waals surface area (Å²) in [6, 6.07) is 15.7. The van der Waals surface area contributed by atoms with Gasteiger partial charge in [-0.15, -0.1) is 6.42 Å². The van der Waals surface area contributed by atoms with Crippen LogP contribution in [-0.4, -0.2) is 46.5 Å². The number of carbonyl (C=O) groups excluding carboxylic acids is 1. The van der Waals surface area contributed by atoms with Gasteiger partial charge in [-0.1, -0.05) is 30.2 Å². The highest BCUT2D eigenvalue weighted by Gasteiger charge is 2.33. The van der Waals surface area contributed by atoms with Gasteiger partial charge in [-0.3, -0.25) is 4.79 Å². The van der Waals surface area contributed by atoms with E-state index in [4.69, 9.17) is 15.9 Å². The van der Waals surface area contributed by atoms with Crippen molar-refractivity contribution in [1.82, 2.24) is 4.90 Å². The van der Waals surface area contributed by atoms with Crippen LogP contribution >= 0.6 is 0 Å². The largest absolute Gasteiger partial charge is 0.489 e. The minimum atomic E-state index is -1.57. The van der Waals surface area contributed by atoms with Crippen molar-refractivity contribution >= 4 is 5.91 Å². The first-order chi connectivity index (χ1) is 17.4. The number of hydrogen-bond donors (Lipinski definition) is 2. The fraction of sp³-hybridized carbons (Fsp3) is 0.250. The van der Waals surface area contributed by atoms with E-state index in [1.54, 1.807) is 42.5 Å². The second-order valence-corrected chi connectivity index (χ2v) is 8.40. The zero-order valence-electron chi connectivity index (χ0n) is 19.4. The number of benzene rings is 3. The SMILES string of the molecule is C#CCOc1cc(-c2ccc(OCc3cccc(C(=O)N4CCC[C@H]4C(O)O)c3)cc2)cc(F)c1F. The van der Waals surface area contributed by atoms with Gasteiger partial charge in [0.1, 0.15) is 19.0 Å². The highest BCUT2D eigenvalue weighted by atomic mass is 19.2. The van der Waals surface area contributed by atoms with Crippen molar-refractivity contribution in [3.63, 3.8) is 0 Å². The fourth-order valence-corrected chi connectivity index (χ4v) is 4.18. The average molecular weight is 494 g/mol. The quantitative estimate of drug-likeness (QED) is 0.364. The molecule has 36 heavy (non-hydrogen) atoms. The Morgan fingerprint density at radius 1 is 1.08 bits per heavy atom. The molecule has 1 amide bonds. The number of halogens is 2. The molecule has 4 rings (SSSR count). The van der Waals surface area contributed by atoms with Gasteiger partial charge in [0.25, 0.3) is 5.91 Å². The molecule has 186 valence electrons. The number of amides is 1. The Balaban J connectivity index is 1.42. The predicted octanol–water partition coefficient (Wildman–Crippen LogP) is 4.14. The third kappa shape index (κ3) is 5.65. The van der Waals surface area contributed by atoms with Gasteiger partial charge in [0.15, 0.2) is 17.9 Å². The highest BCUT2D eigenvalue weighted by Crippen LogP contribution is 2.30. The van der Waals surface area contributed by atoms with Crippen LogP contribution in [-0.2, 0) is 6.61 Å². The Hall–Kier alpha value is -3.93. The number of carbonyl (C=O) groups is 1. The summed E-state index contributed by atoms with van der Waals surface area (Å²) in [5.41, 5.74) is 2.26. The van der Waals surface area contributed by atoms with Gasteiger partial charge >= 0.3 is 0 Å². The van der Waals surface area contributed by atoms with E-state index in [1.165, 1.54) is 11.0 Å². The smallest absolute Gasteiger partial charge is 0.254 e. The maximum absolute atomic E-state index is 14.0.